The Morgan fingerprint density at radius 1 is 0.149 bits per heavy atom. The van der Waals surface area contributed by atoms with Crippen LogP contribution in [0.4, 0.5) is 0 Å². The van der Waals surface area contributed by atoms with Crippen LogP contribution in [0.2, 0.25) is 0 Å². The largest absolute Gasteiger partial charge is 0.309 e. The van der Waals surface area contributed by atoms with Gasteiger partial charge < -0.3 is 9.13 Å². The molecule has 0 saturated carbocycles. The number of hydrogen-bond donors (Lipinski definition) is 0. The molecule has 0 bridgehead atoms. The van der Waals surface area contributed by atoms with E-state index in [0.29, 0.717) is 0 Å². The molecule has 14 aromatic rings. The van der Waals surface area contributed by atoms with Crippen LogP contribution in [0.5, 0.6) is 0 Å². The molecular weight excluding hydrogens is 893 g/mol. The van der Waals surface area contributed by atoms with Gasteiger partial charge in [0.1, 0.15) is 0 Å². The van der Waals surface area contributed by atoms with E-state index < -0.39 is 0 Å². The maximum atomic E-state index is 2.41. The molecule has 0 amide bonds. The van der Waals surface area contributed by atoms with Crippen molar-refractivity contribution < 1.29 is 0 Å². The molecule has 0 aliphatic carbocycles. The van der Waals surface area contributed by atoms with E-state index in [1.54, 1.807) is 0 Å². The highest BCUT2D eigenvalue weighted by atomic mass is 15.0. The molecule has 74 heavy (non-hydrogen) atoms. The van der Waals surface area contributed by atoms with E-state index in [1.165, 1.54) is 122 Å². The van der Waals surface area contributed by atoms with Gasteiger partial charge in [-0.1, -0.05) is 212 Å². The maximum Gasteiger partial charge on any atom is 0.0541 e. The third kappa shape index (κ3) is 7.69. The van der Waals surface area contributed by atoms with E-state index in [9.17, 15) is 0 Å². The van der Waals surface area contributed by atoms with Crippen LogP contribution in [0.1, 0.15) is 0 Å². The Morgan fingerprint density at radius 3 is 0.878 bits per heavy atom. The lowest BCUT2D eigenvalue weighted by molar-refractivity contribution is 1.18. The highest BCUT2D eigenvalue weighted by Gasteiger charge is 2.17. The lowest BCUT2D eigenvalue weighted by atomic mass is 9.95. The molecule has 0 radical (unpaired) electrons. The first kappa shape index (κ1) is 43.1. The molecule has 0 aliphatic rings. The molecule has 0 atom stereocenters. The van der Waals surface area contributed by atoms with Crippen LogP contribution in [0.25, 0.3) is 133 Å². The molecular formula is C72H48N2. The summed E-state index contributed by atoms with van der Waals surface area (Å²) in [5, 5.41) is 4.97. The van der Waals surface area contributed by atoms with Crippen LogP contribution in [0.3, 0.4) is 0 Å². The van der Waals surface area contributed by atoms with Gasteiger partial charge in [0.25, 0.3) is 0 Å². The van der Waals surface area contributed by atoms with Gasteiger partial charge >= 0.3 is 0 Å². The standard InChI is InChI=1S/C72H48N2/c1-3-15-49(16-4-1)54-19-12-23-58(44-54)59-24-13-22-57(45-59)52-33-31-51(32-34-52)55-20-11-21-56(43-55)53-35-39-63(40-36-53)73-69-29-9-7-27-65(69)67-47-61(37-41-71(67)73)62-38-42-72-68(48-62)66-28-8-10-30-70(66)74(72)64-26-14-25-60(46-64)50-17-5-2-6-18-50/h1-48H. The third-order valence-corrected chi connectivity index (χ3v) is 14.9. The maximum absolute atomic E-state index is 2.41. The molecule has 0 unspecified atom stereocenters. The summed E-state index contributed by atoms with van der Waals surface area (Å²) >= 11 is 0. The lowest BCUT2D eigenvalue weighted by Crippen LogP contribution is -1.94. The van der Waals surface area contributed by atoms with Gasteiger partial charge in [0, 0.05) is 32.9 Å². The summed E-state index contributed by atoms with van der Waals surface area (Å²) in [4.78, 5) is 0. The fraction of sp³-hybridized carbons (Fsp3) is 0. The lowest BCUT2D eigenvalue weighted by Gasteiger charge is -2.11. The molecule has 0 fully saturated rings. The summed E-state index contributed by atoms with van der Waals surface area (Å²) in [5.41, 5.74) is 23.9. The Morgan fingerprint density at radius 2 is 0.432 bits per heavy atom. The SMILES string of the molecule is c1ccc(-c2cccc(-c3cccc(-c4ccc(-c5cccc(-c6ccc(-n7c8ccccc8c8cc(-c9ccc%10c(c9)c9ccccc9n%10-c9cccc(-c%10ccccc%10)c9)ccc87)cc6)c5)cc4)c3)c2)cc1. The Kier molecular flexibility index (Phi) is 10.6. The van der Waals surface area contributed by atoms with Crippen molar-refractivity contribution in [1.29, 1.82) is 0 Å². The molecule has 0 aliphatic heterocycles. The Labute approximate surface area is 431 Å². The predicted octanol–water partition coefficient (Wildman–Crippen LogP) is 19.5. The summed E-state index contributed by atoms with van der Waals surface area (Å²) < 4.78 is 4.82. The molecule has 0 saturated heterocycles. The first-order valence-corrected chi connectivity index (χ1v) is 25.5. The second-order valence-electron chi connectivity index (χ2n) is 19.3. The van der Waals surface area contributed by atoms with Crippen molar-refractivity contribution in [3.05, 3.63) is 291 Å². The fourth-order valence-electron chi connectivity index (χ4n) is 11.2. The molecule has 2 heteroatoms. The van der Waals surface area contributed by atoms with Gasteiger partial charge in [0.2, 0.25) is 0 Å². The molecule has 0 N–H and O–H groups in total. The molecule has 346 valence electrons. The van der Waals surface area contributed by atoms with Crippen LogP contribution in [0, 0.1) is 0 Å². The van der Waals surface area contributed by atoms with Crippen LogP contribution in [-0.2, 0) is 0 Å². The number of rotatable bonds is 9. The molecule has 14 rings (SSSR count). The van der Waals surface area contributed by atoms with Gasteiger partial charge in [0.05, 0.1) is 22.1 Å². The van der Waals surface area contributed by atoms with Gasteiger partial charge in [-0.3, -0.25) is 0 Å². The summed E-state index contributed by atoms with van der Waals surface area (Å²) in [7, 11) is 0. The van der Waals surface area contributed by atoms with Gasteiger partial charge in [-0.05, 0) is 157 Å². The van der Waals surface area contributed by atoms with Crippen LogP contribution in [0.15, 0.2) is 291 Å². The average Bonchev–Trinajstić information content (AvgIpc) is 4.03. The second kappa shape index (κ2) is 18.1. The summed E-state index contributed by atoms with van der Waals surface area (Å²) in [6, 6.07) is 106. The van der Waals surface area contributed by atoms with E-state index in [2.05, 4.69) is 300 Å². The highest BCUT2D eigenvalue weighted by molar-refractivity contribution is 6.13. The first-order chi connectivity index (χ1) is 36.7. The van der Waals surface area contributed by atoms with Crippen molar-refractivity contribution in [2.45, 2.75) is 0 Å². The predicted molar refractivity (Wildman–Crippen MR) is 313 cm³/mol. The van der Waals surface area contributed by atoms with Crippen molar-refractivity contribution in [1.82, 2.24) is 9.13 Å². The Hall–Kier alpha value is -9.76. The number of fused-ring (bicyclic) bond motifs is 6. The number of benzene rings is 12. The van der Waals surface area contributed by atoms with Crippen molar-refractivity contribution in [2.24, 2.45) is 0 Å². The second-order valence-corrected chi connectivity index (χ2v) is 19.3. The van der Waals surface area contributed by atoms with E-state index in [1.807, 2.05) is 0 Å². The summed E-state index contributed by atoms with van der Waals surface area (Å²) in [5.74, 6) is 0. The van der Waals surface area contributed by atoms with E-state index in [-0.39, 0.29) is 0 Å². The van der Waals surface area contributed by atoms with Crippen molar-refractivity contribution in [3.63, 3.8) is 0 Å². The smallest absolute Gasteiger partial charge is 0.0541 e. The zero-order valence-electron chi connectivity index (χ0n) is 40.6. The minimum atomic E-state index is 1.14. The van der Waals surface area contributed by atoms with Gasteiger partial charge in [0.15, 0.2) is 0 Å². The number of hydrogen-bond acceptors (Lipinski definition) is 0. The number of para-hydroxylation sites is 2. The average molecular weight is 941 g/mol. The molecule has 2 nitrogen and oxygen atoms in total. The third-order valence-electron chi connectivity index (χ3n) is 14.9. The Balaban J connectivity index is 0.747. The minimum Gasteiger partial charge on any atom is -0.309 e. The summed E-state index contributed by atoms with van der Waals surface area (Å²) in [6.45, 7) is 0. The number of aromatic nitrogens is 2. The zero-order valence-corrected chi connectivity index (χ0v) is 40.6. The molecule has 2 aromatic heterocycles. The van der Waals surface area contributed by atoms with Crippen molar-refractivity contribution >= 4 is 43.6 Å². The molecule has 12 aromatic carbocycles. The minimum absolute atomic E-state index is 1.14. The van der Waals surface area contributed by atoms with Crippen molar-refractivity contribution in [3.8, 4) is 89.3 Å². The van der Waals surface area contributed by atoms with Gasteiger partial charge in [-0.15, -0.1) is 0 Å². The Bertz CT molecular complexity index is 4390. The van der Waals surface area contributed by atoms with E-state index in [0.717, 1.165) is 11.4 Å². The topological polar surface area (TPSA) is 9.86 Å². The van der Waals surface area contributed by atoms with Crippen LogP contribution < -0.4 is 0 Å². The first-order valence-electron chi connectivity index (χ1n) is 25.5. The normalized spacial score (nSPS) is 11.5. The van der Waals surface area contributed by atoms with Crippen LogP contribution in [-0.4, -0.2) is 9.13 Å². The molecule has 0 spiro atoms. The monoisotopic (exact) mass is 940 g/mol. The van der Waals surface area contributed by atoms with E-state index >= 15 is 0 Å². The van der Waals surface area contributed by atoms with Crippen LogP contribution >= 0.6 is 0 Å². The van der Waals surface area contributed by atoms with E-state index in [4.69, 9.17) is 0 Å². The number of nitrogens with zero attached hydrogens (tertiary/aromatic N) is 2. The fourth-order valence-corrected chi connectivity index (χ4v) is 11.2. The summed E-state index contributed by atoms with van der Waals surface area (Å²) in [6.07, 6.45) is 0. The van der Waals surface area contributed by atoms with Crippen molar-refractivity contribution in [2.75, 3.05) is 0 Å². The van der Waals surface area contributed by atoms with Gasteiger partial charge in [-0.2, -0.15) is 0 Å². The molecule has 2 heterocycles. The van der Waals surface area contributed by atoms with Gasteiger partial charge in [-0.25, -0.2) is 0 Å². The highest BCUT2D eigenvalue weighted by Crippen LogP contribution is 2.40. The zero-order chi connectivity index (χ0) is 49.0. The quantitative estimate of drug-likeness (QED) is 0.136.